The van der Waals surface area contributed by atoms with E-state index in [-0.39, 0.29) is 18.1 Å². The fourth-order valence-corrected chi connectivity index (χ4v) is 4.76. The second-order valence-electron chi connectivity index (χ2n) is 6.26. The van der Waals surface area contributed by atoms with Gasteiger partial charge in [-0.3, -0.25) is 4.79 Å². The number of sulfone groups is 1. The van der Waals surface area contributed by atoms with Crippen LogP contribution < -0.4 is 5.32 Å². The summed E-state index contributed by atoms with van der Waals surface area (Å²) in [4.78, 5) is 12.3. The lowest BCUT2D eigenvalue weighted by Crippen LogP contribution is -2.25. The fraction of sp³-hybridized carbons (Fsp3) is 0.316. The molecule has 0 heterocycles. The Morgan fingerprint density at radius 1 is 1.08 bits per heavy atom. The van der Waals surface area contributed by atoms with E-state index in [1.165, 1.54) is 5.56 Å². The van der Waals surface area contributed by atoms with Gasteiger partial charge in [0.2, 0.25) is 5.91 Å². The number of fused-ring (bicyclic) bond motifs is 1. The van der Waals surface area contributed by atoms with Gasteiger partial charge in [0, 0.05) is 17.4 Å². The molecular formula is C19H20BrNO3S. The van der Waals surface area contributed by atoms with Gasteiger partial charge in [-0.15, -0.1) is 0 Å². The normalized spacial score (nSPS) is 13.5. The standard InChI is InChI=1S/C19H20BrNO3S/c20-17-6-1-3-14(11-17)13-21-19(22)9-10-25(23,24)18-8-7-15-4-2-5-16(15)12-18/h1,3,6-8,11-12H,2,4-5,9-10,13H2,(H,21,22). The molecule has 2 aromatic rings. The van der Waals surface area contributed by atoms with Gasteiger partial charge >= 0.3 is 0 Å². The molecule has 4 nitrogen and oxygen atoms in total. The number of halogens is 1. The average molecular weight is 422 g/mol. The van der Waals surface area contributed by atoms with Crippen molar-refractivity contribution in [2.75, 3.05) is 5.75 Å². The quantitative estimate of drug-likeness (QED) is 0.776. The predicted octanol–water partition coefficient (Wildman–Crippen LogP) is 3.42. The lowest BCUT2D eigenvalue weighted by Gasteiger charge is -2.08. The van der Waals surface area contributed by atoms with Crippen LogP contribution in [0, 0.1) is 0 Å². The monoisotopic (exact) mass is 421 g/mol. The summed E-state index contributed by atoms with van der Waals surface area (Å²) in [5.74, 6) is -0.430. The third-order valence-electron chi connectivity index (χ3n) is 4.41. The van der Waals surface area contributed by atoms with Crippen molar-refractivity contribution in [2.24, 2.45) is 0 Å². The third-order valence-corrected chi connectivity index (χ3v) is 6.61. The van der Waals surface area contributed by atoms with Crippen LogP contribution in [0.1, 0.15) is 29.5 Å². The zero-order chi connectivity index (χ0) is 17.9. The number of hydrogen-bond acceptors (Lipinski definition) is 3. The molecule has 2 aromatic carbocycles. The molecular weight excluding hydrogens is 402 g/mol. The molecule has 0 radical (unpaired) electrons. The summed E-state index contributed by atoms with van der Waals surface area (Å²) < 4.78 is 25.9. The zero-order valence-electron chi connectivity index (χ0n) is 13.8. The molecule has 132 valence electrons. The van der Waals surface area contributed by atoms with Crippen molar-refractivity contribution in [2.45, 2.75) is 37.1 Å². The third kappa shape index (κ3) is 4.70. The summed E-state index contributed by atoms with van der Waals surface area (Å²) in [6.07, 6.45) is 3.00. The number of aryl methyl sites for hydroxylation is 2. The van der Waals surface area contributed by atoms with Crippen LogP contribution in [0.15, 0.2) is 51.8 Å². The Kier molecular flexibility index (Phi) is 5.59. The van der Waals surface area contributed by atoms with Crippen molar-refractivity contribution in [1.82, 2.24) is 5.32 Å². The predicted molar refractivity (Wildman–Crippen MR) is 101 cm³/mol. The molecule has 0 saturated carbocycles. The minimum Gasteiger partial charge on any atom is -0.352 e. The van der Waals surface area contributed by atoms with Crippen LogP contribution in [0.2, 0.25) is 0 Å². The highest BCUT2D eigenvalue weighted by Crippen LogP contribution is 2.25. The Labute approximate surface area is 156 Å². The van der Waals surface area contributed by atoms with E-state index in [9.17, 15) is 13.2 Å². The molecule has 0 atom stereocenters. The number of carbonyl (C=O) groups is 1. The van der Waals surface area contributed by atoms with Crippen molar-refractivity contribution in [3.05, 3.63) is 63.6 Å². The van der Waals surface area contributed by atoms with Crippen LogP contribution in [0.25, 0.3) is 0 Å². The van der Waals surface area contributed by atoms with Crippen LogP contribution in [-0.2, 0) is 34.0 Å². The van der Waals surface area contributed by atoms with Gasteiger partial charge in [-0.05, 0) is 60.2 Å². The molecule has 0 bridgehead atoms. The Morgan fingerprint density at radius 2 is 1.88 bits per heavy atom. The van der Waals surface area contributed by atoms with Gasteiger partial charge < -0.3 is 5.32 Å². The first-order chi connectivity index (χ1) is 11.9. The molecule has 0 aliphatic heterocycles. The molecule has 1 aliphatic rings. The lowest BCUT2D eigenvalue weighted by molar-refractivity contribution is -0.120. The highest BCUT2D eigenvalue weighted by Gasteiger charge is 2.19. The topological polar surface area (TPSA) is 63.2 Å². The first-order valence-electron chi connectivity index (χ1n) is 8.30. The summed E-state index contributed by atoms with van der Waals surface area (Å²) >= 11 is 3.38. The maximum absolute atomic E-state index is 12.5. The Morgan fingerprint density at radius 3 is 2.68 bits per heavy atom. The lowest BCUT2D eigenvalue weighted by atomic mass is 10.1. The number of nitrogens with one attached hydrogen (secondary N) is 1. The minimum absolute atomic E-state index is 0.0343. The smallest absolute Gasteiger partial charge is 0.221 e. The van der Waals surface area contributed by atoms with Crippen LogP contribution in [0.4, 0.5) is 0 Å². The van der Waals surface area contributed by atoms with Crippen molar-refractivity contribution in [3.63, 3.8) is 0 Å². The zero-order valence-corrected chi connectivity index (χ0v) is 16.2. The first kappa shape index (κ1) is 18.1. The molecule has 1 N–H and O–H groups in total. The number of hydrogen-bond donors (Lipinski definition) is 1. The van der Waals surface area contributed by atoms with Gasteiger partial charge in [0.15, 0.2) is 9.84 Å². The van der Waals surface area contributed by atoms with Crippen LogP contribution in [-0.4, -0.2) is 20.1 Å². The van der Waals surface area contributed by atoms with E-state index in [1.807, 2.05) is 30.3 Å². The van der Waals surface area contributed by atoms with E-state index < -0.39 is 9.84 Å². The SMILES string of the molecule is O=C(CCS(=O)(=O)c1ccc2c(c1)CCC2)NCc1cccc(Br)c1. The highest BCUT2D eigenvalue weighted by atomic mass is 79.9. The largest absolute Gasteiger partial charge is 0.352 e. The van der Waals surface area contributed by atoms with E-state index in [0.29, 0.717) is 11.4 Å². The van der Waals surface area contributed by atoms with Gasteiger partial charge in [-0.1, -0.05) is 34.1 Å². The van der Waals surface area contributed by atoms with E-state index in [4.69, 9.17) is 0 Å². The molecule has 3 rings (SSSR count). The van der Waals surface area contributed by atoms with Crippen LogP contribution >= 0.6 is 15.9 Å². The molecule has 6 heteroatoms. The first-order valence-corrected chi connectivity index (χ1v) is 10.7. The number of benzene rings is 2. The Balaban J connectivity index is 1.55. The molecule has 1 aliphatic carbocycles. The van der Waals surface area contributed by atoms with Crippen LogP contribution in [0.3, 0.4) is 0 Å². The van der Waals surface area contributed by atoms with Crippen LogP contribution in [0.5, 0.6) is 0 Å². The van der Waals surface area contributed by atoms with Gasteiger partial charge in [-0.2, -0.15) is 0 Å². The minimum atomic E-state index is -3.43. The molecule has 25 heavy (non-hydrogen) atoms. The van der Waals surface area contributed by atoms with Crippen molar-refractivity contribution >= 4 is 31.7 Å². The second kappa shape index (κ2) is 7.70. The van der Waals surface area contributed by atoms with E-state index in [1.54, 1.807) is 12.1 Å². The summed E-state index contributed by atoms with van der Waals surface area (Å²) in [5.41, 5.74) is 3.33. The van der Waals surface area contributed by atoms with E-state index >= 15 is 0 Å². The second-order valence-corrected chi connectivity index (χ2v) is 9.28. The molecule has 0 spiro atoms. The van der Waals surface area contributed by atoms with Gasteiger partial charge in [0.1, 0.15) is 0 Å². The molecule has 0 saturated heterocycles. The van der Waals surface area contributed by atoms with Gasteiger partial charge in [-0.25, -0.2) is 8.42 Å². The fourth-order valence-electron chi connectivity index (χ4n) is 3.02. The number of carbonyl (C=O) groups excluding carboxylic acids is 1. The Hall–Kier alpha value is -1.66. The molecule has 0 fully saturated rings. The molecule has 1 amide bonds. The summed E-state index contributed by atoms with van der Waals surface area (Å²) in [6, 6.07) is 13.0. The summed E-state index contributed by atoms with van der Waals surface area (Å²) in [5, 5.41) is 2.77. The number of rotatable bonds is 6. The summed E-state index contributed by atoms with van der Waals surface area (Å²) in [7, 11) is -3.43. The van der Waals surface area contributed by atoms with Gasteiger partial charge in [0.05, 0.1) is 10.6 Å². The average Bonchev–Trinajstić information content (AvgIpc) is 3.06. The number of amides is 1. The van der Waals surface area contributed by atoms with Gasteiger partial charge in [0.25, 0.3) is 0 Å². The van der Waals surface area contributed by atoms with Crippen molar-refractivity contribution in [1.29, 1.82) is 0 Å². The maximum Gasteiger partial charge on any atom is 0.221 e. The summed E-state index contributed by atoms with van der Waals surface area (Å²) in [6.45, 7) is 0.386. The maximum atomic E-state index is 12.5. The molecule has 0 unspecified atom stereocenters. The van der Waals surface area contributed by atoms with E-state index in [2.05, 4.69) is 21.2 Å². The highest BCUT2D eigenvalue weighted by molar-refractivity contribution is 9.10. The van der Waals surface area contributed by atoms with Crippen molar-refractivity contribution in [3.8, 4) is 0 Å². The van der Waals surface area contributed by atoms with E-state index in [0.717, 1.165) is 34.9 Å². The Bertz CT molecular complexity index is 893. The van der Waals surface area contributed by atoms with Crippen molar-refractivity contribution < 1.29 is 13.2 Å². The molecule has 0 aromatic heterocycles.